The first-order chi connectivity index (χ1) is 21.1. The first-order valence-corrected chi connectivity index (χ1v) is 19.4. The Hall–Kier alpha value is -3.14. The third-order valence-corrected chi connectivity index (χ3v) is 13.8. The van der Waals surface area contributed by atoms with Crippen LogP contribution in [0.1, 0.15) is 88.7 Å². The third-order valence-electron chi connectivity index (χ3n) is 9.31. The number of hydrogen-bond donors (Lipinski definition) is 1. The maximum Gasteiger partial charge on any atom is 0.419 e. The number of likely N-dealkylation sites (tertiary alicyclic amines) is 1. The number of benzene rings is 2. The van der Waals surface area contributed by atoms with Crippen molar-refractivity contribution in [2.75, 3.05) is 26.3 Å². The fourth-order valence-electron chi connectivity index (χ4n) is 5.90. The summed E-state index contributed by atoms with van der Waals surface area (Å²) in [6, 6.07) is 12.1. The summed E-state index contributed by atoms with van der Waals surface area (Å²) in [4.78, 5) is 29.5. The van der Waals surface area contributed by atoms with Gasteiger partial charge in [-0.2, -0.15) is 0 Å². The van der Waals surface area contributed by atoms with E-state index in [4.69, 9.17) is 13.9 Å². The number of ether oxygens (including phenoxy) is 2. The average Bonchev–Trinajstić information content (AvgIpc) is 3.53. The zero-order valence-corrected chi connectivity index (χ0v) is 29.5. The number of nitrogens with one attached hydrogen (secondary N) is 1. The number of hydrogen-bond acceptors (Lipinski definition) is 6. The summed E-state index contributed by atoms with van der Waals surface area (Å²) in [6.45, 7) is 21.4. The number of carbonyl (C=O) groups excluding carboxylic acids is 2. The highest BCUT2D eigenvalue weighted by molar-refractivity contribution is 6.74. The highest BCUT2D eigenvalue weighted by Crippen LogP contribution is 2.39. The van der Waals surface area contributed by atoms with Gasteiger partial charge in [0.25, 0.3) is 5.91 Å². The lowest BCUT2D eigenvalue weighted by atomic mass is 9.99. The lowest BCUT2D eigenvalue weighted by Gasteiger charge is -2.36. The molecule has 0 aliphatic carbocycles. The molecule has 45 heavy (non-hydrogen) atoms. The first kappa shape index (κ1) is 33.2. The highest BCUT2D eigenvalue weighted by Gasteiger charge is 2.37. The molecule has 0 radical (unpaired) electrons. The van der Waals surface area contributed by atoms with Crippen LogP contribution in [0.3, 0.4) is 0 Å². The molecule has 2 aliphatic rings. The summed E-state index contributed by atoms with van der Waals surface area (Å²) < 4.78 is 20.0. The van der Waals surface area contributed by atoms with Crippen LogP contribution >= 0.6 is 0 Å². The van der Waals surface area contributed by atoms with Crippen LogP contribution in [-0.2, 0) is 22.3 Å². The standard InChI is InChI=1S/C36H51N3O5Si/c1-35(2,3)44-34(41)39-29-15-13-25(24-38-17-10-9-11-18-38)21-26(29)22-30(39)27-14-16-31(28-23-37-33(40)32(27)28)42-19-12-20-43-45(7,8)36(4,5)6/h13-16,21-22H,9-12,17-20,23-24H2,1-8H3,(H,37,40). The van der Waals surface area contributed by atoms with Crippen LogP contribution in [0.15, 0.2) is 36.4 Å². The van der Waals surface area contributed by atoms with Crippen molar-refractivity contribution in [3.8, 4) is 17.0 Å². The van der Waals surface area contributed by atoms with E-state index >= 15 is 0 Å². The number of fused-ring (bicyclic) bond motifs is 2. The second kappa shape index (κ2) is 12.9. The molecule has 1 N–H and O–H groups in total. The number of piperidine rings is 1. The first-order valence-electron chi connectivity index (χ1n) is 16.5. The van der Waals surface area contributed by atoms with E-state index in [0.717, 1.165) is 42.5 Å². The molecule has 0 bridgehead atoms. The minimum absolute atomic E-state index is 0.160. The summed E-state index contributed by atoms with van der Waals surface area (Å²) in [5.41, 5.74) is 3.98. The maximum absolute atomic E-state index is 13.7. The molecule has 2 aliphatic heterocycles. The largest absolute Gasteiger partial charge is 0.493 e. The maximum atomic E-state index is 13.7. The molecule has 0 atom stereocenters. The molecule has 1 amide bonds. The Morgan fingerprint density at radius 2 is 1.69 bits per heavy atom. The van der Waals surface area contributed by atoms with Crippen LogP contribution in [0.25, 0.3) is 22.2 Å². The number of carbonyl (C=O) groups is 2. The van der Waals surface area contributed by atoms with Gasteiger partial charge in [-0.05, 0) is 101 Å². The third kappa shape index (κ3) is 7.47. The van der Waals surface area contributed by atoms with Gasteiger partial charge in [0, 0.05) is 42.6 Å². The van der Waals surface area contributed by atoms with Crippen LogP contribution < -0.4 is 10.1 Å². The summed E-state index contributed by atoms with van der Waals surface area (Å²) in [6.07, 6.45) is 4.06. The average molecular weight is 634 g/mol. The van der Waals surface area contributed by atoms with E-state index in [1.165, 1.54) is 24.8 Å². The molecular formula is C36H51N3O5Si. The van der Waals surface area contributed by atoms with E-state index in [9.17, 15) is 9.59 Å². The lowest BCUT2D eigenvalue weighted by Crippen LogP contribution is -2.41. The Bertz CT molecular complexity index is 1560. The van der Waals surface area contributed by atoms with E-state index in [0.29, 0.717) is 42.3 Å². The molecule has 0 saturated carbocycles. The SMILES string of the molecule is CC(C)(C)OC(=O)n1c(-c2ccc(OCCCO[Si](C)(C)C(C)(C)C)c3c2C(=O)NC3)cc2cc(CN3CCCCC3)ccc21. The van der Waals surface area contributed by atoms with Gasteiger partial charge < -0.3 is 19.2 Å². The van der Waals surface area contributed by atoms with Crippen LogP contribution in [0, 0.1) is 0 Å². The molecule has 0 unspecified atom stereocenters. The fourth-order valence-corrected chi connectivity index (χ4v) is 6.98. The number of rotatable bonds is 9. The molecule has 0 spiro atoms. The Kier molecular flexibility index (Phi) is 9.55. The predicted molar refractivity (Wildman–Crippen MR) is 183 cm³/mol. The Morgan fingerprint density at radius 3 is 2.38 bits per heavy atom. The van der Waals surface area contributed by atoms with Gasteiger partial charge in [-0.25, -0.2) is 9.36 Å². The second-order valence-electron chi connectivity index (χ2n) is 15.0. The minimum Gasteiger partial charge on any atom is -0.493 e. The van der Waals surface area contributed by atoms with Crippen molar-refractivity contribution in [3.05, 3.63) is 53.1 Å². The van der Waals surface area contributed by atoms with Crippen molar-refractivity contribution in [2.45, 2.75) is 104 Å². The smallest absolute Gasteiger partial charge is 0.419 e. The van der Waals surface area contributed by atoms with Crippen LogP contribution in [-0.4, -0.2) is 61.7 Å². The summed E-state index contributed by atoms with van der Waals surface area (Å²) >= 11 is 0. The fraction of sp³-hybridized carbons (Fsp3) is 0.556. The van der Waals surface area contributed by atoms with Gasteiger partial charge in [-0.1, -0.05) is 33.3 Å². The molecular weight excluding hydrogens is 582 g/mol. The summed E-state index contributed by atoms with van der Waals surface area (Å²) in [5, 5.41) is 4.08. The summed E-state index contributed by atoms with van der Waals surface area (Å²) in [7, 11) is -1.82. The van der Waals surface area contributed by atoms with E-state index in [1.807, 2.05) is 45.0 Å². The van der Waals surface area contributed by atoms with Gasteiger partial charge in [-0.3, -0.25) is 9.69 Å². The molecule has 8 nitrogen and oxygen atoms in total. The Morgan fingerprint density at radius 1 is 0.956 bits per heavy atom. The highest BCUT2D eigenvalue weighted by atomic mass is 28.4. The van der Waals surface area contributed by atoms with Crippen molar-refractivity contribution in [1.82, 2.24) is 14.8 Å². The predicted octanol–water partition coefficient (Wildman–Crippen LogP) is 8.11. The molecule has 1 aromatic heterocycles. The minimum atomic E-state index is -1.82. The second-order valence-corrected chi connectivity index (χ2v) is 19.8. The molecule has 3 aromatic rings. The van der Waals surface area contributed by atoms with Crippen molar-refractivity contribution in [1.29, 1.82) is 0 Å². The molecule has 244 valence electrons. The Balaban J connectivity index is 1.45. The van der Waals surface area contributed by atoms with E-state index in [-0.39, 0.29) is 10.9 Å². The van der Waals surface area contributed by atoms with Gasteiger partial charge in [-0.15, -0.1) is 0 Å². The quantitative estimate of drug-likeness (QED) is 0.189. The van der Waals surface area contributed by atoms with Crippen molar-refractivity contribution < 1.29 is 23.5 Å². The van der Waals surface area contributed by atoms with Gasteiger partial charge in [0.2, 0.25) is 0 Å². The molecule has 3 heterocycles. The monoisotopic (exact) mass is 633 g/mol. The number of amides is 1. The van der Waals surface area contributed by atoms with E-state index < -0.39 is 20.0 Å². The molecule has 5 rings (SSSR count). The molecule has 1 saturated heterocycles. The van der Waals surface area contributed by atoms with Crippen LogP contribution in [0.4, 0.5) is 4.79 Å². The van der Waals surface area contributed by atoms with Gasteiger partial charge in [0.1, 0.15) is 11.4 Å². The van der Waals surface area contributed by atoms with Gasteiger partial charge in [0.05, 0.1) is 23.4 Å². The van der Waals surface area contributed by atoms with Crippen molar-refractivity contribution in [3.63, 3.8) is 0 Å². The van der Waals surface area contributed by atoms with Gasteiger partial charge >= 0.3 is 6.09 Å². The van der Waals surface area contributed by atoms with Gasteiger partial charge in [0.15, 0.2) is 8.32 Å². The van der Waals surface area contributed by atoms with Crippen LogP contribution in [0.2, 0.25) is 18.1 Å². The number of aromatic nitrogens is 1. The van der Waals surface area contributed by atoms with Crippen LogP contribution in [0.5, 0.6) is 5.75 Å². The van der Waals surface area contributed by atoms with Crippen molar-refractivity contribution in [2.24, 2.45) is 0 Å². The molecule has 1 fully saturated rings. The molecule has 2 aromatic carbocycles. The normalized spacial score (nSPS) is 16.1. The topological polar surface area (TPSA) is 82.0 Å². The van der Waals surface area contributed by atoms with E-state index in [1.54, 1.807) is 4.57 Å². The summed E-state index contributed by atoms with van der Waals surface area (Å²) in [5.74, 6) is 0.515. The zero-order valence-electron chi connectivity index (χ0n) is 28.5. The number of nitrogens with zero attached hydrogens (tertiary/aromatic N) is 2. The zero-order chi connectivity index (χ0) is 32.6. The van der Waals surface area contributed by atoms with E-state index in [2.05, 4.69) is 56.2 Å². The van der Waals surface area contributed by atoms with Crippen molar-refractivity contribution >= 4 is 31.2 Å². The Labute approximate surface area is 269 Å². The molecule has 9 heteroatoms. The lowest BCUT2D eigenvalue weighted by molar-refractivity contribution is 0.0547.